The van der Waals surface area contributed by atoms with E-state index in [2.05, 4.69) is 72.6 Å². The number of rotatable bonds is 3. The summed E-state index contributed by atoms with van der Waals surface area (Å²) >= 11 is 6.15. The zero-order chi connectivity index (χ0) is 13.2. The molecule has 1 aliphatic rings. The summed E-state index contributed by atoms with van der Waals surface area (Å²) in [5.74, 6) is 0.716. The third kappa shape index (κ3) is 2.40. The second kappa shape index (κ2) is 5.35. The number of hydrogen-bond acceptors (Lipinski definition) is 3. The van der Waals surface area contributed by atoms with Crippen molar-refractivity contribution in [3.63, 3.8) is 0 Å². The summed E-state index contributed by atoms with van der Waals surface area (Å²) in [7, 11) is 0. The molecule has 19 heavy (non-hydrogen) atoms. The van der Waals surface area contributed by atoms with Crippen LogP contribution in [0.3, 0.4) is 0 Å². The fourth-order valence-corrected chi connectivity index (χ4v) is 3.42. The largest absolute Gasteiger partial charge is 0.335 e. The van der Waals surface area contributed by atoms with Crippen LogP contribution in [0.5, 0.6) is 0 Å². The molecule has 0 bridgehead atoms. The van der Waals surface area contributed by atoms with E-state index in [0.717, 1.165) is 12.1 Å². The number of anilines is 2. The van der Waals surface area contributed by atoms with Crippen LogP contribution >= 0.6 is 24.4 Å². The van der Waals surface area contributed by atoms with Gasteiger partial charge in [0.2, 0.25) is 0 Å². The lowest BCUT2D eigenvalue weighted by Gasteiger charge is -2.33. The van der Waals surface area contributed by atoms with Gasteiger partial charge in [0.05, 0.1) is 11.4 Å². The van der Waals surface area contributed by atoms with Crippen molar-refractivity contribution in [3.8, 4) is 0 Å². The van der Waals surface area contributed by atoms with Crippen molar-refractivity contribution in [2.45, 2.75) is 9.79 Å². The SMILES string of the molecule is C=C(CS)CN1c2ccccc2Sc2ccccc21. The molecule has 0 aliphatic carbocycles. The van der Waals surface area contributed by atoms with E-state index < -0.39 is 0 Å². The molecule has 1 nitrogen and oxygen atoms in total. The molecule has 0 atom stereocenters. The van der Waals surface area contributed by atoms with Crippen LogP contribution in [-0.2, 0) is 0 Å². The van der Waals surface area contributed by atoms with Gasteiger partial charge in [0.1, 0.15) is 0 Å². The third-order valence-electron chi connectivity index (χ3n) is 3.14. The van der Waals surface area contributed by atoms with Gasteiger partial charge in [-0.2, -0.15) is 12.6 Å². The van der Waals surface area contributed by atoms with Gasteiger partial charge in [-0.3, -0.25) is 0 Å². The number of fused-ring (bicyclic) bond motifs is 2. The quantitative estimate of drug-likeness (QED) is 0.639. The highest BCUT2D eigenvalue weighted by atomic mass is 32.2. The second-order valence-corrected chi connectivity index (χ2v) is 5.93. The molecule has 0 N–H and O–H groups in total. The summed E-state index contributed by atoms with van der Waals surface area (Å²) in [6.45, 7) is 4.91. The van der Waals surface area contributed by atoms with Crippen LogP contribution in [0.2, 0.25) is 0 Å². The molecular formula is C16H15NS2. The molecule has 0 spiro atoms. The predicted octanol–water partition coefficient (Wildman–Crippen LogP) is 4.78. The van der Waals surface area contributed by atoms with Crippen molar-refractivity contribution in [2.24, 2.45) is 0 Å². The van der Waals surface area contributed by atoms with Gasteiger partial charge in [-0.1, -0.05) is 42.6 Å². The van der Waals surface area contributed by atoms with Gasteiger partial charge in [-0.05, 0) is 29.8 Å². The smallest absolute Gasteiger partial charge is 0.0555 e. The minimum absolute atomic E-state index is 0.716. The zero-order valence-electron chi connectivity index (χ0n) is 10.5. The lowest BCUT2D eigenvalue weighted by Crippen LogP contribution is -2.23. The Morgan fingerprint density at radius 1 is 1.00 bits per heavy atom. The maximum atomic E-state index is 4.32. The molecule has 0 saturated heterocycles. The van der Waals surface area contributed by atoms with Crippen LogP contribution in [0.1, 0.15) is 0 Å². The molecule has 0 radical (unpaired) electrons. The molecule has 3 rings (SSSR count). The average molecular weight is 285 g/mol. The Morgan fingerprint density at radius 3 is 2.05 bits per heavy atom. The Hall–Kier alpha value is -1.32. The molecule has 1 aliphatic heterocycles. The Labute approximate surface area is 123 Å². The van der Waals surface area contributed by atoms with Crippen molar-refractivity contribution in [3.05, 3.63) is 60.7 Å². The fraction of sp³-hybridized carbons (Fsp3) is 0.125. The minimum atomic E-state index is 0.716. The maximum absolute atomic E-state index is 4.32. The van der Waals surface area contributed by atoms with Crippen LogP contribution in [0.25, 0.3) is 0 Å². The normalized spacial score (nSPS) is 12.8. The van der Waals surface area contributed by atoms with Crippen LogP contribution in [0, 0.1) is 0 Å². The molecule has 0 aromatic heterocycles. The first kappa shape index (κ1) is 12.7. The Kier molecular flexibility index (Phi) is 3.58. The molecule has 3 heteroatoms. The zero-order valence-corrected chi connectivity index (χ0v) is 12.3. The van der Waals surface area contributed by atoms with E-state index in [1.165, 1.54) is 21.2 Å². The molecular weight excluding hydrogens is 270 g/mol. The Bertz CT molecular complexity index is 576. The maximum Gasteiger partial charge on any atom is 0.0555 e. The van der Waals surface area contributed by atoms with Gasteiger partial charge in [0.15, 0.2) is 0 Å². The summed E-state index contributed by atoms with van der Waals surface area (Å²) in [6, 6.07) is 17.0. The van der Waals surface area contributed by atoms with Crippen molar-refractivity contribution in [1.29, 1.82) is 0 Å². The molecule has 2 aromatic rings. The predicted molar refractivity (Wildman–Crippen MR) is 87.0 cm³/mol. The number of thiol groups is 1. The van der Waals surface area contributed by atoms with E-state index in [0.29, 0.717) is 5.75 Å². The van der Waals surface area contributed by atoms with Crippen molar-refractivity contribution in [1.82, 2.24) is 0 Å². The highest BCUT2D eigenvalue weighted by molar-refractivity contribution is 7.99. The van der Waals surface area contributed by atoms with Crippen LogP contribution in [0.4, 0.5) is 11.4 Å². The fourth-order valence-electron chi connectivity index (χ4n) is 2.23. The first-order valence-electron chi connectivity index (χ1n) is 6.20. The van der Waals surface area contributed by atoms with Gasteiger partial charge in [-0.15, -0.1) is 0 Å². The number of benzene rings is 2. The van der Waals surface area contributed by atoms with E-state index in [1.807, 2.05) is 11.8 Å². The Morgan fingerprint density at radius 2 is 1.53 bits per heavy atom. The van der Waals surface area contributed by atoms with Crippen molar-refractivity contribution < 1.29 is 0 Å². The standard InChI is InChI=1S/C16H15NS2/c1-12(11-18)10-17-13-6-2-4-8-15(13)19-16-9-5-3-7-14(16)17/h2-9,18H,1,10-11H2. The molecule has 0 saturated carbocycles. The molecule has 0 fully saturated rings. The van der Waals surface area contributed by atoms with Gasteiger partial charge in [0.25, 0.3) is 0 Å². The topological polar surface area (TPSA) is 3.24 Å². The van der Waals surface area contributed by atoms with Crippen LogP contribution in [0.15, 0.2) is 70.5 Å². The van der Waals surface area contributed by atoms with Crippen LogP contribution < -0.4 is 4.90 Å². The lowest BCUT2D eigenvalue weighted by atomic mass is 10.2. The molecule has 1 heterocycles. The van der Waals surface area contributed by atoms with Gasteiger partial charge in [0, 0.05) is 22.1 Å². The molecule has 96 valence electrons. The first-order chi connectivity index (χ1) is 9.29. The minimum Gasteiger partial charge on any atom is -0.335 e. The third-order valence-corrected chi connectivity index (χ3v) is 4.71. The van der Waals surface area contributed by atoms with Gasteiger partial charge in [-0.25, -0.2) is 0 Å². The lowest BCUT2D eigenvalue weighted by molar-refractivity contribution is 0.998. The molecule has 0 amide bonds. The van der Waals surface area contributed by atoms with Gasteiger partial charge < -0.3 is 4.90 Å². The molecule has 2 aromatic carbocycles. The van der Waals surface area contributed by atoms with E-state index in [4.69, 9.17) is 0 Å². The summed E-state index contributed by atoms with van der Waals surface area (Å²) in [4.78, 5) is 4.93. The Balaban J connectivity index is 2.08. The highest BCUT2D eigenvalue weighted by Crippen LogP contribution is 2.47. The van der Waals surface area contributed by atoms with E-state index in [-0.39, 0.29) is 0 Å². The number of para-hydroxylation sites is 2. The first-order valence-corrected chi connectivity index (χ1v) is 7.65. The highest BCUT2D eigenvalue weighted by Gasteiger charge is 2.22. The van der Waals surface area contributed by atoms with E-state index >= 15 is 0 Å². The van der Waals surface area contributed by atoms with E-state index in [1.54, 1.807) is 0 Å². The van der Waals surface area contributed by atoms with Crippen LogP contribution in [-0.4, -0.2) is 12.3 Å². The van der Waals surface area contributed by atoms with E-state index in [9.17, 15) is 0 Å². The summed E-state index contributed by atoms with van der Waals surface area (Å²) in [6.07, 6.45) is 0. The van der Waals surface area contributed by atoms with Crippen molar-refractivity contribution in [2.75, 3.05) is 17.2 Å². The number of nitrogens with zero attached hydrogens (tertiary/aromatic N) is 1. The average Bonchev–Trinajstić information content (AvgIpc) is 2.46. The van der Waals surface area contributed by atoms with Gasteiger partial charge >= 0.3 is 0 Å². The summed E-state index contributed by atoms with van der Waals surface area (Å²) in [5, 5.41) is 0. The summed E-state index contributed by atoms with van der Waals surface area (Å²) in [5.41, 5.74) is 3.64. The summed E-state index contributed by atoms with van der Waals surface area (Å²) < 4.78 is 0. The molecule has 0 unspecified atom stereocenters. The second-order valence-electron chi connectivity index (χ2n) is 4.53. The monoisotopic (exact) mass is 285 g/mol. The number of hydrogen-bond donors (Lipinski definition) is 1. The van der Waals surface area contributed by atoms with Crippen molar-refractivity contribution >= 4 is 35.8 Å².